The first-order valence-corrected chi connectivity index (χ1v) is 5.02. The molecule has 1 spiro atoms. The fourth-order valence-electron chi connectivity index (χ4n) is 2.68. The Morgan fingerprint density at radius 3 is 2.53 bits per heavy atom. The number of halogens is 3. The lowest BCUT2D eigenvalue weighted by Gasteiger charge is -2.36. The molecule has 2 N–H and O–H groups in total. The van der Waals surface area contributed by atoms with Crippen LogP contribution in [0.4, 0.5) is 18.0 Å². The number of hydrogen-bond donors (Lipinski definition) is 1. The first-order chi connectivity index (χ1) is 6.88. The van der Waals surface area contributed by atoms with E-state index in [0.29, 0.717) is 13.0 Å². The molecule has 2 aliphatic rings. The fourth-order valence-corrected chi connectivity index (χ4v) is 2.68. The molecule has 86 valence electrons. The first kappa shape index (κ1) is 10.6. The van der Waals surface area contributed by atoms with Gasteiger partial charge in [0, 0.05) is 6.54 Å². The zero-order valence-electron chi connectivity index (χ0n) is 8.18. The summed E-state index contributed by atoms with van der Waals surface area (Å²) in [5.41, 5.74) is 4.11. The van der Waals surface area contributed by atoms with Crippen LogP contribution in [0.25, 0.3) is 0 Å². The second-order valence-corrected chi connectivity index (χ2v) is 4.35. The van der Waals surface area contributed by atoms with E-state index in [0.717, 1.165) is 12.8 Å². The minimum absolute atomic E-state index is 0.0272. The molecule has 2 unspecified atom stereocenters. The molecule has 1 aliphatic carbocycles. The summed E-state index contributed by atoms with van der Waals surface area (Å²) < 4.78 is 37.6. The number of piperidine rings is 1. The summed E-state index contributed by atoms with van der Waals surface area (Å²) in [6.07, 6.45) is -2.25. The second kappa shape index (κ2) is 3.02. The van der Waals surface area contributed by atoms with Gasteiger partial charge in [-0.3, -0.25) is 0 Å². The average Bonchev–Trinajstić information content (AvgIpc) is 2.80. The van der Waals surface area contributed by atoms with E-state index >= 15 is 0 Å². The number of amides is 2. The van der Waals surface area contributed by atoms with Gasteiger partial charge in [0.1, 0.15) is 0 Å². The van der Waals surface area contributed by atoms with Gasteiger partial charge in [0.15, 0.2) is 0 Å². The van der Waals surface area contributed by atoms with Crippen molar-refractivity contribution in [1.29, 1.82) is 0 Å². The van der Waals surface area contributed by atoms with Crippen LogP contribution >= 0.6 is 0 Å². The van der Waals surface area contributed by atoms with Gasteiger partial charge in [0.05, 0.1) is 11.5 Å². The number of nitrogens with zero attached hydrogens (tertiary/aromatic N) is 1. The third-order valence-electron chi connectivity index (χ3n) is 3.49. The van der Waals surface area contributed by atoms with Crippen LogP contribution in [0.15, 0.2) is 0 Å². The lowest BCUT2D eigenvalue weighted by Crippen LogP contribution is -2.50. The highest BCUT2D eigenvalue weighted by Crippen LogP contribution is 2.60. The molecule has 1 saturated carbocycles. The van der Waals surface area contributed by atoms with Crippen LogP contribution in [0.5, 0.6) is 0 Å². The van der Waals surface area contributed by atoms with Crippen LogP contribution in [-0.4, -0.2) is 29.2 Å². The smallest absolute Gasteiger partial charge is 0.351 e. The van der Waals surface area contributed by atoms with Crippen LogP contribution < -0.4 is 5.73 Å². The molecular weight excluding hydrogens is 209 g/mol. The molecule has 2 rings (SSSR count). The van der Waals surface area contributed by atoms with Crippen LogP contribution in [-0.2, 0) is 0 Å². The molecule has 0 aromatic heterocycles. The van der Waals surface area contributed by atoms with E-state index in [1.807, 2.05) is 0 Å². The van der Waals surface area contributed by atoms with E-state index in [1.54, 1.807) is 0 Å². The molecular formula is C9H13F3N2O. The maximum atomic E-state index is 12.5. The maximum absolute atomic E-state index is 12.5. The predicted molar refractivity (Wildman–Crippen MR) is 47.0 cm³/mol. The molecule has 1 saturated heterocycles. The van der Waals surface area contributed by atoms with Crippen molar-refractivity contribution in [1.82, 2.24) is 4.90 Å². The van der Waals surface area contributed by atoms with E-state index in [-0.39, 0.29) is 6.42 Å². The number of urea groups is 1. The highest BCUT2D eigenvalue weighted by atomic mass is 19.4. The van der Waals surface area contributed by atoms with Crippen molar-refractivity contribution in [3.8, 4) is 0 Å². The number of rotatable bonds is 0. The highest BCUT2D eigenvalue weighted by Gasteiger charge is 2.70. The predicted octanol–water partition coefficient (Wildman–Crippen LogP) is 1.87. The van der Waals surface area contributed by atoms with E-state index in [2.05, 4.69) is 0 Å². The Morgan fingerprint density at radius 1 is 1.40 bits per heavy atom. The molecule has 1 heterocycles. The van der Waals surface area contributed by atoms with E-state index in [1.165, 1.54) is 4.90 Å². The standard InChI is InChI=1S/C9H13F3N2O/c10-9(11,12)6-5-8(6)3-1-2-4-14(8)7(13)15/h6H,1-5H2,(H2,13,15). The summed E-state index contributed by atoms with van der Waals surface area (Å²) in [6, 6.07) is -0.721. The maximum Gasteiger partial charge on any atom is 0.394 e. The Morgan fingerprint density at radius 2 is 2.07 bits per heavy atom. The molecule has 0 radical (unpaired) electrons. The van der Waals surface area contributed by atoms with Crippen LogP contribution in [0.3, 0.4) is 0 Å². The summed E-state index contributed by atoms with van der Waals surface area (Å²) in [5, 5.41) is 0. The number of primary amides is 1. The van der Waals surface area contributed by atoms with Crippen molar-refractivity contribution in [2.75, 3.05) is 6.54 Å². The number of alkyl halides is 3. The van der Waals surface area contributed by atoms with Crippen molar-refractivity contribution in [2.24, 2.45) is 11.7 Å². The Labute approximate surface area is 85.4 Å². The van der Waals surface area contributed by atoms with Gasteiger partial charge in [-0.05, 0) is 25.7 Å². The van der Waals surface area contributed by atoms with Gasteiger partial charge in [0.25, 0.3) is 0 Å². The molecule has 2 amide bonds. The van der Waals surface area contributed by atoms with Gasteiger partial charge in [-0.1, -0.05) is 0 Å². The Balaban J connectivity index is 2.17. The zero-order valence-corrected chi connectivity index (χ0v) is 8.18. The molecule has 15 heavy (non-hydrogen) atoms. The average molecular weight is 222 g/mol. The zero-order chi connectivity index (χ0) is 11.3. The van der Waals surface area contributed by atoms with Crippen molar-refractivity contribution < 1.29 is 18.0 Å². The number of hydrogen-bond acceptors (Lipinski definition) is 1. The third-order valence-corrected chi connectivity index (χ3v) is 3.49. The summed E-state index contributed by atoms with van der Waals surface area (Å²) in [5.74, 6) is -1.36. The SMILES string of the molecule is NC(=O)N1CCCCC12CC2C(F)(F)F. The minimum Gasteiger partial charge on any atom is -0.351 e. The number of nitrogens with two attached hydrogens (primary N) is 1. The highest BCUT2D eigenvalue weighted by molar-refractivity contribution is 5.74. The monoisotopic (exact) mass is 222 g/mol. The lowest BCUT2D eigenvalue weighted by atomic mass is 9.98. The number of likely N-dealkylation sites (tertiary alicyclic amines) is 1. The summed E-state index contributed by atoms with van der Waals surface area (Å²) in [7, 11) is 0. The van der Waals surface area contributed by atoms with E-state index in [4.69, 9.17) is 5.73 Å². The molecule has 0 aromatic rings. The van der Waals surface area contributed by atoms with E-state index in [9.17, 15) is 18.0 Å². The summed E-state index contributed by atoms with van der Waals surface area (Å²) >= 11 is 0. The van der Waals surface area contributed by atoms with Crippen molar-refractivity contribution in [3.05, 3.63) is 0 Å². The van der Waals surface area contributed by atoms with Crippen molar-refractivity contribution >= 4 is 6.03 Å². The first-order valence-electron chi connectivity index (χ1n) is 5.02. The molecule has 2 atom stereocenters. The largest absolute Gasteiger partial charge is 0.394 e. The Bertz CT molecular complexity index is 292. The van der Waals surface area contributed by atoms with Crippen molar-refractivity contribution in [3.63, 3.8) is 0 Å². The lowest BCUT2D eigenvalue weighted by molar-refractivity contribution is -0.158. The quantitative estimate of drug-likeness (QED) is 0.668. The van der Waals surface area contributed by atoms with Crippen molar-refractivity contribution in [2.45, 2.75) is 37.4 Å². The van der Waals surface area contributed by atoms with Gasteiger partial charge < -0.3 is 10.6 Å². The molecule has 0 aromatic carbocycles. The van der Waals surface area contributed by atoms with E-state index < -0.39 is 23.7 Å². The van der Waals surface area contributed by atoms with Gasteiger partial charge >= 0.3 is 12.2 Å². The number of carbonyl (C=O) groups excluding carboxylic acids is 1. The number of carbonyl (C=O) groups is 1. The van der Waals surface area contributed by atoms with Gasteiger partial charge in [-0.2, -0.15) is 13.2 Å². The summed E-state index contributed by atoms with van der Waals surface area (Å²) in [6.45, 7) is 0.363. The summed E-state index contributed by atoms with van der Waals surface area (Å²) in [4.78, 5) is 12.3. The molecule has 1 aliphatic heterocycles. The van der Waals surface area contributed by atoms with Crippen LogP contribution in [0.2, 0.25) is 0 Å². The van der Waals surface area contributed by atoms with Gasteiger partial charge in [-0.15, -0.1) is 0 Å². The van der Waals surface area contributed by atoms with Crippen LogP contribution in [0, 0.1) is 5.92 Å². The van der Waals surface area contributed by atoms with Gasteiger partial charge in [-0.25, -0.2) is 4.79 Å². The molecule has 0 bridgehead atoms. The topological polar surface area (TPSA) is 46.3 Å². The minimum atomic E-state index is -4.20. The molecule has 6 heteroatoms. The third kappa shape index (κ3) is 1.55. The normalized spacial score (nSPS) is 35.7. The molecule has 3 nitrogen and oxygen atoms in total. The van der Waals surface area contributed by atoms with Crippen LogP contribution in [0.1, 0.15) is 25.7 Å². The fraction of sp³-hybridized carbons (Fsp3) is 0.889. The molecule has 2 fully saturated rings. The van der Waals surface area contributed by atoms with Gasteiger partial charge in [0.2, 0.25) is 0 Å². The second-order valence-electron chi connectivity index (χ2n) is 4.35. The Kier molecular flexibility index (Phi) is 2.13. The Hall–Kier alpha value is -0.940.